The first-order chi connectivity index (χ1) is 7.59. The SMILES string of the molecule is O=C1CNCC(=O)N1c1ccc(Cl)c(Cl)c1. The maximum atomic E-state index is 11.6. The van der Waals surface area contributed by atoms with Gasteiger partial charge in [0.15, 0.2) is 0 Å². The maximum Gasteiger partial charge on any atom is 0.247 e. The van der Waals surface area contributed by atoms with E-state index in [1.165, 1.54) is 6.07 Å². The molecule has 1 aromatic carbocycles. The second-order valence-electron chi connectivity index (χ2n) is 3.32. The van der Waals surface area contributed by atoms with E-state index >= 15 is 0 Å². The highest BCUT2D eigenvalue weighted by atomic mass is 35.5. The Morgan fingerprint density at radius 1 is 1.06 bits per heavy atom. The molecule has 2 amide bonds. The van der Waals surface area contributed by atoms with Gasteiger partial charge in [-0.1, -0.05) is 23.2 Å². The molecule has 16 heavy (non-hydrogen) atoms. The molecule has 0 spiro atoms. The van der Waals surface area contributed by atoms with Gasteiger partial charge >= 0.3 is 0 Å². The van der Waals surface area contributed by atoms with E-state index in [1.807, 2.05) is 0 Å². The number of nitrogens with zero attached hydrogens (tertiary/aromatic N) is 1. The third kappa shape index (κ3) is 2.04. The Morgan fingerprint density at radius 3 is 2.25 bits per heavy atom. The van der Waals surface area contributed by atoms with Crippen LogP contribution in [0, 0.1) is 0 Å². The van der Waals surface area contributed by atoms with Gasteiger partial charge < -0.3 is 0 Å². The highest BCUT2D eigenvalue weighted by Gasteiger charge is 2.27. The van der Waals surface area contributed by atoms with Gasteiger partial charge in [-0.25, -0.2) is 4.90 Å². The van der Waals surface area contributed by atoms with Crippen molar-refractivity contribution < 1.29 is 9.59 Å². The van der Waals surface area contributed by atoms with Crippen LogP contribution in [0.2, 0.25) is 10.0 Å². The summed E-state index contributed by atoms with van der Waals surface area (Å²) < 4.78 is 0. The molecule has 1 fully saturated rings. The van der Waals surface area contributed by atoms with E-state index in [4.69, 9.17) is 23.2 Å². The Morgan fingerprint density at radius 2 is 1.69 bits per heavy atom. The number of imide groups is 1. The lowest BCUT2D eigenvalue weighted by atomic mass is 10.2. The predicted molar refractivity (Wildman–Crippen MR) is 61.8 cm³/mol. The van der Waals surface area contributed by atoms with Crippen molar-refractivity contribution >= 4 is 40.7 Å². The van der Waals surface area contributed by atoms with Gasteiger partial charge in [0.25, 0.3) is 0 Å². The van der Waals surface area contributed by atoms with Gasteiger partial charge in [0, 0.05) is 0 Å². The molecule has 2 rings (SSSR count). The zero-order valence-corrected chi connectivity index (χ0v) is 9.68. The predicted octanol–water partition coefficient (Wildman–Crippen LogP) is 1.46. The van der Waals surface area contributed by atoms with E-state index in [0.29, 0.717) is 15.7 Å². The number of carbonyl (C=O) groups excluding carboxylic acids is 2. The number of piperazine rings is 1. The second-order valence-corrected chi connectivity index (χ2v) is 4.14. The summed E-state index contributed by atoms with van der Waals surface area (Å²) in [6.45, 7) is 0.290. The van der Waals surface area contributed by atoms with Crippen LogP contribution in [0.1, 0.15) is 0 Å². The van der Waals surface area contributed by atoms with Crippen molar-refractivity contribution in [2.24, 2.45) is 0 Å². The van der Waals surface area contributed by atoms with Crippen molar-refractivity contribution in [1.82, 2.24) is 5.32 Å². The van der Waals surface area contributed by atoms with Crippen molar-refractivity contribution in [3.8, 4) is 0 Å². The fourth-order valence-corrected chi connectivity index (χ4v) is 1.78. The van der Waals surface area contributed by atoms with Gasteiger partial charge in [-0.2, -0.15) is 0 Å². The number of rotatable bonds is 1. The Hall–Kier alpha value is -1.10. The number of amides is 2. The zero-order chi connectivity index (χ0) is 11.7. The quantitative estimate of drug-likeness (QED) is 0.776. The average Bonchev–Trinajstić information content (AvgIpc) is 2.23. The van der Waals surface area contributed by atoms with Crippen molar-refractivity contribution in [1.29, 1.82) is 0 Å². The average molecular weight is 259 g/mol. The van der Waals surface area contributed by atoms with E-state index < -0.39 is 0 Å². The Kier molecular flexibility index (Phi) is 3.14. The van der Waals surface area contributed by atoms with Crippen LogP contribution in [0.5, 0.6) is 0 Å². The summed E-state index contributed by atoms with van der Waals surface area (Å²) in [7, 11) is 0. The zero-order valence-electron chi connectivity index (χ0n) is 8.17. The number of halogens is 2. The molecule has 0 unspecified atom stereocenters. The summed E-state index contributed by atoms with van der Waals surface area (Å²) in [5.74, 6) is -0.593. The molecule has 1 aliphatic rings. The molecule has 0 atom stereocenters. The summed E-state index contributed by atoms with van der Waals surface area (Å²) in [4.78, 5) is 24.2. The highest BCUT2D eigenvalue weighted by molar-refractivity contribution is 6.42. The minimum absolute atomic E-state index is 0.145. The first kappa shape index (κ1) is 11.4. The molecule has 1 saturated heterocycles. The van der Waals surface area contributed by atoms with Crippen LogP contribution < -0.4 is 10.2 Å². The minimum Gasteiger partial charge on any atom is -0.300 e. The van der Waals surface area contributed by atoms with Crippen molar-refractivity contribution in [3.05, 3.63) is 28.2 Å². The lowest BCUT2D eigenvalue weighted by Gasteiger charge is -2.25. The number of anilines is 1. The summed E-state index contributed by atoms with van der Waals surface area (Å²) in [5.41, 5.74) is 0.450. The molecule has 84 valence electrons. The Balaban J connectivity index is 2.38. The first-order valence-corrected chi connectivity index (χ1v) is 5.37. The fourth-order valence-electron chi connectivity index (χ4n) is 1.49. The van der Waals surface area contributed by atoms with Gasteiger partial charge in [-0.3, -0.25) is 14.9 Å². The monoisotopic (exact) mass is 258 g/mol. The van der Waals surface area contributed by atoms with Crippen LogP contribution in [-0.4, -0.2) is 24.9 Å². The van der Waals surface area contributed by atoms with Crippen molar-refractivity contribution in [3.63, 3.8) is 0 Å². The van der Waals surface area contributed by atoms with Gasteiger partial charge in [-0.05, 0) is 18.2 Å². The standard InChI is InChI=1S/C10H8Cl2N2O2/c11-7-2-1-6(3-8(7)12)14-9(15)4-13-5-10(14)16/h1-3,13H,4-5H2. The van der Waals surface area contributed by atoms with E-state index in [2.05, 4.69) is 5.32 Å². The van der Waals surface area contributed by atoms with Crippen LogP contribution >= 0.6 is 23.2 Å². The number of hydrogen-bond donors (Lipinski definition) is 1. The largest absolute Gasteiger partial charge is 0.300 e. The van der Waals surface area contributed by atoms with Gasteiger partial charge in [0.1, 0.15) is 0 Å². The molecule has 0 aliphatic carbocycles. The van der Waals surface area contributed by atoms with E-state index in [-0.39, 0.29) is 24.9 Å². The first-order valence-electron chi connectivity index (χ1n) is 4.61. The molecule has 4 nitrogen and oxygen atoms in total. The molecular formula is C10H8Cl2N2O2. The van der Waals surface area contributed by atoms with E-state index in [9.17, 15) is 9.59 Å². The molecule has 1 aromatic rings. The molecule has 0 saturated carbocycles. The van der Waals surface area contributed by atoms with Crippen LogP contribution in [-0.2, 0) is 9.59 Å². The highest BCUT2D eigenvalue weighted by Crippen LogP contribution is 2.27. The number of carbonyl (C=O) groups is 2. The smallest absolute Gasteiger partial charge is 0.247 e. The molecule has 1 heterocycles. The number of nitrogens with one attached hydrogen (secondary N) is 1. The lowest BCUT2D eigenvalue weighted by Crippen LogP contribution is -2.52. The van der Waals surface area contributed by atoms with Crippen LogP contribution in [0.25, 0.3) is 0 Å². The van der Waals surface area contributed by atoms with Gasteiger partial charge in [-0.15, -0.1) is 0 Å². The molecule has 1 aliphatic heterocycles. The summed E-state index contributed by atoms with van der Waals surface area (Å²) in [5, 5.41) is 3.42. The third-order valence-electron chi connectivity index (χ3n) is 2.21. The van der Waals surface area contributed by atoms with Crippen LogP contribution in [0.4, 0.5) is 5.69 Å². The van der Waals surface area contributed by atoms with Crippen molar-refractivity contribution in [2.45, 2.75) is 0 Å². The Labute approximate surface area is 102 Å². The number of hydrogen-bond acceptors (Lipinski definition) is 3. The van der Waals surface area contributed by atoms with E-state index in [1.54, 1.807) is 12.1 Å². The van der Waals surface area contributed by atoms with Gasteiger partial charge in [0.05, 0.1) is 28.8 Å². The second kappa shape index (κ2) is 4.41. The van der Waals surface area contributed by atoms with Crippen molar-refractivity contribution in [2.75, 3.05) is 18.0 Å². The van der Waals surface area contributed by atoms with Gasteiger partial charge in [0.2, 0.25) is 11.8 Å². The molecule has 0 bridgehead atoms. The molecule has 6 heteroatoms. The fraction of sp³-hybridized carbons (Fsp3) is 0.200. The summed E-state index contributed by atoms with van der Waals surface area (Å²) in [6, 6.07) is 4.65. The maximum absolute atomic E-state index is 11.6. The molecular weight excluding hydrogens is 251 g/mol. The molecule has 1 N–H and O–H groups in total. The Bertz CT molecular complexity index is 446. The lowest BCUT2D eigenvalue weighted by molar-refractivity contribution is -0.127. The van der Waals surface area contributed by atoms with E-state index in [0.717, 1.165) is 4.90 Å². The normalized spacial score (nSPS) is 16.8. The third-order valence-corrected chi connectivity index (χ3v) is 2.95. The summed E-state index contributed by atoms with van der Waals surface area (Å²) in [6.07, 6.45) is 0. The van der Waals surface area contributed by atoms with Crippen LogP contribution in [0.3, 0.4) is 0 Å². The molecule has 0 aromatic heterocycles. The topological polar surface area (TPSA) is 49.4 Å². The molecule has 0 radical (unpaired) electrons. The summed E-state index contributed by atoms with van der Waals surface area (Å²) >= 11 is 11.6. The number of benzene rings is 1. The minimum atomic E-state index is -0.297. The van der Waals surface area contributed by atoms with Crippen LogP contribution in [0.15, 0.2) is 18.2 Å².